The van der Waals surface area contributed by atoms with Crippen molar-refractivity contribution in [2.24, 2.45) is 5.92 Å². The number of sulfone groups is 1. The summed E-state index contributed by atoms with van der Waals surface area (Å²) in [6.45, 7) is 0.505. The minimum atomic E-state index is -3.12. The molecule has 1 heterocycles. The molecule has 7 heteroatoms. The Labute approximate surface area is 160 Å². The van der Waals surface area contributed by atoms with E-state index in [1.54, 1.807) is 12.1 Å². The molecular formula is C20H27NO5S. The maximum atomic E-state index is 12.6. The largest absolute Gasteiger partial charge is 0.452 e. The van der Waals surface area contributed by atoms with Crippen LogP contribution in [0.3, 0.4) is 0 Å². The number of piperidine rings is 1. The first kappa shape index (κ1) is 19.9. The molecule has 0 N–H and O–H groups in total. The lowest BCUT2D eigenvalue weighted by Crippen LogP contribution is -2.50. The molecule has 0 bridgehead atoms. The number of hydrogen-bond acceptors (Lipinski definition) is 5. The molecule has 0 spiro atoms. The zero-order chi connectivity index (χ0) is 19.4. The Bertz CT molecular complexity index is 785. The molecule has 1 aromatic rings. The predicted octanol–water partition coefficient (Wildman–Crippen LogP) is 2.57. The van der Waals surface area contributed by atoms with Gasteiger partial charge in [0.05, 0.1) is 11.3 Å². The van der Waals surface area contributed by atoms with Crippen molar-refractivity contribution < 1.29 is 22.7 Å². The van der Waals surface area contributed by atoms with Crippen LogP contribution in [0.4, 0.5) is 0 Å². The summed E-state index contributed by atoms with van der Waals surface area (Å²) in [6, 6.07) is 6.55. The van der Waals surface area contributed by atoms with E-state index in [0.717, 1.165) is 32.1 Å². The number of rotatable bonds is 5. The number of amides is 1. The first-order valence-electron chi connectivity index (χ1n) is 9.57. The highest BCUT2D eigenvalue weighted by atomic mass is 32.2. The molecule has 1 saturated carbocycles. The normalized spacial score (nSPS) is 22.8. The van der Waals surface area contributed by atoms with Gasteiger partial charge >= 0.3 is 5.97 Å². The summed E-state index contributed by atoms with van der Waals surface area (Å²) in [5.41, 5.74) is 0.927. The van der Waals surface area contributed by atoms with Gasteiger partial charge in [0.25, 0.3) is 5.91 Å². The Morgan fingerprint density at radius 1 is 1.07 bits per heavy atom. The second-order valence-electron chi connectivity index (χ2n) is 7.68. The number of benzene rings is 1. The van der Waals surface area contributed by atoms with E-state index in [2.05, 4.69) is 0 Å². The maximum Gasteiger partial charge on any atom is 0.338 e. The van der Waals surface area contributed by atoms with E-state index < -0.39 is 15.8 Å². The highest BCUT2D eigenvalue weighted by Gasteiger charge is 2.35. The number of carbonyl (C=O) groups excluding carboxylic acids is 2. The molecule has 2 fully saturated rings. The fourth-order valence-corrected chi connectivity index (χ4v) is 5.07. The van der Waals surface area contributed by atoms with E-state index in [0.29, 0.717) is 23.1 Å². The van der Waals surface area contributed by atoms with Crippen molar-refractivity contribution in [3.8, 4) is 0 Å². The third kappa shape index (κ3) is 5.31. The van der Waals surface area contributed by atoms with Gasteiger partial charge in [0, 0.05) is 18.8 Å². The number of nitrogens with zero attached hydrogens (tertiary/aromatic N) is 1. The number of likely N-dealkylation sites (tertiary alicyclic amines) is 1. The van der Waals surface area contributed by atoms with Crippen LogP contribution in [0.25, 0.3) is 0 Å². The highest BCUT2D eigenvalue weighted by Crippen LogP contribution is 2.35. The van der Waals surface area contributed by atoms with E-state index in [-0.39, 0.29) is 18.3 Å². The molecule has 3 rings (SSSR count). The fraction of sp³-hybridized carbons (Fsp3) is 0.600. The minimum absolute atomic E-state index is 0.0711. The van der Waals surface area contributed by atoms with Gasteiger partial charge in [0.1, 0.15) is 0 Å². The molecule has 0 radical (unpaired) electrons. The second kappa shape index (κ2) is 8.42. The molecule has 0 aromatic heterocycles. The zero-order valence-electron chi connectivity index (χ0n) is 15.7. The highest BCUT2D eigenvalue weighted by molar-refractivity contribution is 7.89. The van der Waals surface area contributed by atoms with Crippen molar-refractivity contribution in [2.45, 2.75) is 50.3 Å². The number of carbonyl (C=O) groups is 2. The predicted molar refractivity (Wildman–Crippen MR) is 102 cm³/mol. The summed E-state index contributed by atoms with van der Waals surface area (Å²) in [4.78, 5) is 26.7. The Morgan fingerprint density at radius 2 is 1.74 bits per heavy atom. The van der Waals surface area contributed by atoms with Crippen LogP contribution in [0.5, 0.6) is 0 Å². The molecule has 2 aliphatic rings. The van der Waals surface area contributed by atoms with Crippen LogP contribution in [0.2, 0.25) is 0 Å². The molecule has 1 amide bonds. The number of ether oxygens (including phenoxy) is 1. The minimum Gasteiger partial charge on any atom is -0.452 e. The van der Waals surface area contributed by atoms with Crippen molar-refractivity contribution in [2.75, 3.05) is 19.4 Å². The topological polar surface area (TPSA) is 80.7 Å². The third-order valence-corrected chi connectivity index (χ3v) is 6.37. The lowest BCUT2D eigenvalue weighted by molar-refractivity contribution is -0.140. The third-order valence-electron chi connectivity index (χ3n) is 5.51. The standard InChI is InChI=1S/C20H27NO5S/c1-27(24,25)14-15-8-10-17(11-9-15)20(23)26-13-19(22)21-12-4-6-16-5-2-3-7-18(16)21/h8-11,16,18H,2-7,12-14H2,1H3/t16-,18-/m1/s1. The van der Waals surface area contributed by atoms with Gasteiger partial charge in [-0.15, -0.1) is 0 Å². The van der Waals surface area contributed by atoms with Crippen molar-refractivity contribution in [1.29, 1.82) is 0 Å². The summed E-state index contributed by atoms with van der Waals surface area (Å²) in [5, 5.41) is 0. The van der Waals surface area contributed by atoms with Gasteiger partial charge in [0.2, 0.25) is 0 Å². The molecule has 148 valence electrons. The average Bonchev–Trinajstić information content (AvgIpc) is 2.64. The SMILES string of the molecule is CS(=O)(=O)Cc1ccc(C(=O)OCC(=O)N2CCC[C@H]3CCCC[C@H]32)cc1. The number of fused-ring (bicyclic) bond motifs is 1. The van der Waals surface area contributed by atoms with Crippen LogP contribution >= 0.6 is 0 Å². The van der Waals surface area contributed by atoms with Gasteiger partial charge in [-0.3, -0.25) is 4.79 Å². The van der Waals surface area contributed by atoms with Gasteiger partial charge in [-0.2, -0.15) is 0 Å². The van der Waals surface area contributed by atoms with Gasteiger partial charge in [-0.1, -0.05) is 25.0 Å². The lowest BCUT2D eigenvalue weighted by atomic mass is 9.78. The molecule has 2 atom stereocenters. The van der Waals surface area contributed by atoms with E-state index in [4.69, 9.17) is 4.74 Å². The molecule has 1 saturated heterocycles. The smallest absolute Gasteiger partial charge is 0.338 e. The monoisotopic (exact) mass is 393 g/mol. The molecule has 1 aliphatic carbocycles. The number of hydrogen-bond donors (Lipinski definition) is 0. The molecule has 6 nitrogen and oxygen atoms in total. The van der Waals surface area contributed by atoms with E-state index in [1.165, 1.54) is 31.4 Å². The van der Waals surface area contributed by atoms with Crippen molar-refractivity contribution in [3.05, 3.63) is 35.4 Å². The van der Waals surface area contributed by atoms with Crippen LogP contribution < -0.4 is 0 Å². The van der Waals surface area contributed by atoms with Crippen molar-refractivity contribution in [1.82, 2.24) is 4.90 Å². The summed E-state index contributed by atoms with van der Waals surface area (Å²) < 4.78 is 27.8. The summed E-state index contributed by atoms with van der Waals surface area (Å²) in [5.74, 6) is -0.159. The fourth-order valence-electron chi connectivity index (χ4n) is 4.27. The Kier molecular flexibility index (Phi) is 6.19. The van der Waals surface area contributed by atoms with Crippen molar-refractivity contribution in [3.63, 3.8) is 0 Å². The molecule has 1 aromatic carbocycles. The van der Waals surface area contributed by atoms with Gasteiger partial charge in [-0.25, -0.2) is 13.2 Å². The summed E-state index contributed by atoms with van der Waals surface area (Å²) in [6.07, 6.45) is 8.01. The molecule has 0 unspecified atom stereocenters. The van der Waals surface area contributed by atoms with Crippen molar-refractivity contribution >= 4 is 21.7 Å². The van der Waals surface area contributed by atoms with Crippen LogP contribution in [-0.4, -0.2) is 50.6 Å². The Morgan fingerprint density at radius 3 is 2.44 bits per heavy atom. The zero-order valence-corrected chi connectivity index (χ0v) is 16.5. The Hall–Kier alpha value is -1.89. The summed E-state index contributed by atoms with van der Waals surface area (Å²) in [7, 11) is -3.12. The average molecular weight is 394 g/mol. The van der Waals surface area contributed by atoms with E-state index >= 15 is 0 Å². The molecule has 1 aliphatic heterocycles. The Balaban J connectivity index is 1.54. The first-order chi connectivity index (χ1) is 12.8. The lowest BCUT2D eigenvalue weighted by Gasteiger charge is -2.44. The van der Waals surface area contributed by atoms with Gasteiger partial charge in [-0.05, 0) is 49.3 Å². The van der Waals surface area contributed by atoms with Crippen LogP contribution in [0.15, 0.2) is 24.3 Å². The first-order valence-corrected chi connectivity index (χ1v) is 11.6. The quantitative estimate of drug-likeness (QED) is 0.718. The van der Waals surface area contributed by atoms with E-state index in [9.17, 15) is 18.0 Å². The van der Waals surface area contributed by atoms with Gasteiger partial charge < -0.3 is 9.64 Å². The van der Waals surface area contributed by atoms with Crippen LogP contribution in [0.1, 0.15) is 54.4 Å². The van der Waals surface area contributed by atoms with Gasteiger partial charge in [0.15, 0.2) is 16.4 Å². The van der Waals surface area contributed by atoms with E-state index in [1.807, 2.05) is 4.90 Å². The van der Waals surface area contributed by atoms with Crippen LogP contribution in [-0.2, 0) is 25.1 Å². The second-order valence-corrected chi connectivity index (χ2v) is 9.82. The number of esters is 1. The summed E-state index contributed by atoms with van der Waals surface area (Å²) >= 11 is 0. The molecular weight excluding hydrogens is 366 g/mol. The molecule has 27 heavy (non-hydrogen) atoms. The van der Waals surface area contributed by atoms with Crippen LogP contribution in [0, 0.1) is 5.92 Å². The maximum absolute atomic E-state index is 12.6.